The molecule has 1 aliphatic heterocycles. The van der Waals surface area contributed by atoms with Gasteiger partial charge in [0.15, 0.2) is 0 Å². The van der Waals surface area contributed by atoms with Crippen molar-refractivity contribution < 1.29 is 4.74 Å². The van der Waals surface area contributed by atoms with Crippen LogP contribution in [0.15, 0.2) is 30.3 Å². The molecule has 2 nitrogen and oxygen atoms in total. The van der Waals surface area contributed by atoms with Gasteiger partial charge in [-0.1, -0.05) is 50.1 Å². The van der Waals surface area contributed by atoms with Gasteiger partial charge in [0.05, 0.1) is 12.7 Å². The first-order valence-electron chi connectivity index (χ1n) is 7.22. The maximum Gasteiger partial charge on any atom is 0.0952 e. The molecule has 2 atom stereocenters. The van der Waals surface area contributed by atoms with Gasteiger partial charge in [0.2, 0.25) is 0 Å². The average molecular weight is 247 g/mol. The molecule has 1 heterocycles. The number of hydrogen-bond acceptors (Lipinski definition) is 2. The molecule has 0 aromatic heterocycles. The maximum absolute atomic E-state index is 5.97. The van der Waals surface area contributed by atoms with E-state index in [-0.39, 0.29) is 6.10 Å². The summed E-state index contributed by atoms with van der Waals surface area (Å²) in [5, 5.41) is 0. The molecular weight excluding hydrogens is 222 g/mol. The zero-order chi connectivity index (χ0) is 12.8. The van der Waals surface area contributed by atoms with Gasteiger partial charge in [-0.15, -0.1) is 0 Å². The fourth-order valence-corrected chi connectivity index (χ4v) is 2.55. The molecule has 0 N–H and O–H groups in total. The van der Waals surface area contributed by atoms with Gasteiger partial charge >= 0.3 is 0 Å². The van der Waals surface area contributed by atoms with E-state index < -0.39 is 0 Å². The van der Waals surface area contributed by atoms with Crippen molar-refractivity contribution in [2.24, 2.45) is 0 Å². The number of morpholine rings is 1. The van der Waals surface area contributed by atoms with Crippen molar-refractivity contribution in [2.45, 2.75) is 45.3 Å². The minimum absolute atomic E-state index is 0.254. The summed E-state index contributed by atoms with van der Waals surface area (Å²) in [5.74, 6) is 0. The molecule has 0 spiro atoms. The van der Waals surface area contributed by atoms with Gasteiger partial charge in [0.25, 0.3) is 0 Å². The van der Waals surface area contributed by atoms with Crippen LogP contribution in [0, 0.1) is 0 Å². The molecule has 1 fully saturated rings. The predicted molar refractivity (Wildman–Crippen MR) is 75.7 cm³/mol. The number of hydrogen-bond donors (Lipinski definition) is 0. The smallest absolute Gasteiger partial charge is 0.0952 e. The van der Waals surface area contributed by atoms with Crippen molar-refractivity contribution in [2.75, 3.05) is 19.7 Å². The predicted octanol–water partition coefficient (Wildman–Crippen LogP) is 3.64. The number of benzene rings is 1. The van der Waals surface area contributed by atoms with E-state index in [4.69, 9.17) is 4.74 Å². The van der Waals surface area contributed by atoms with Crippen molar-refractivity contribution in [3.05, 3.63) is 35.9 Å². The van der Waals surface area contributed by atoms with Crippen LogP contribution in [0.5, 0.6) is 0 Å². The van der Waals surface area contributed by atoms with Gasteiger partial charge in [-0.25, -0.2) is 0 Å². The summed E-state index contributed by atoms with van der Waals surface area (Å²) in [6.45, 7) is 7.63. The van der Waals surface area contributed by atoms with E-state index in [9.17, 15) is 0 Å². The van der Waals surface area contributed by atoms with Crippen LogP contribution in [0.1, 0.15) is 44.8 Å². The lowest BCUT2D eigenvalue weighted by molar-refractivity contribution is -0.0603. The van der Waals surface area contributed by atoms with Crippen LogP contribution in [0.2, 0.25) is 0 Å². The van der Waals surface area contributed by atoms with Crippen LogP contribution in [0.25, 0.3) is 0 Å². The normalized spacial score (nSPS) is 25.2. The van der Waals surface area contributed by atoms with Crippen LogP contribution < -0.4 is 0 Å². The summed E-state index contributed by atoms with van der Waals surface area (Å²) in [7, 11) is 0. The molecule has 100 valence electrons. The van der Waals surface area contributed by atoms with Crippen LogP contribution in [0.4, 0.5) is 0 Å². The highest BCUT2D eigenvalue weighted by atomic mass is 16.5. The zero-order valence-electron chi connectivity index (χ0n) is 11.6. The second-order valence-electron chi connectivity index (χ2n) is 5.28. The van der Waals surface area contributed by atoms with Gasteiger partial charge in [-0.2, -0.15) is 0 Å². The van der Waals surface area contributed by atoms with Crippen LogP contribution in [-0.4, -0.2) is 30.6 Å². The first-order valence-corrected chi connectivity index (χ1v) is 7.22. The summed E-state index contributed by atoms with van der Waals surface area (Å²) < 4.78 is 5.97. The first kappa shape index (κ1) is 13.6. The van der Waals surface area contributed by atoms with Crippen molar-refractivity contribution >= 4 is 0 Å². The Bertz CT molecular complexity index is 338. The molecule has 1 saturated heterocycles. The summed E-state index contributed by atoms with van der Waals surface area (Å²) in [5.41, 5.74) is 1.31. The van der Waals surface area contributed by atoms with Gasteiger partial charge in [0, 0.05) is 12.6 Å². The molecule has 0 radical (unpaired) electrons. The molecule has 0 aliphatic carbocycles. The Morgan fingerprint density at radius 2 is 2.00 bits per heavy atom. The number of unbranched alkanes of at least 4 members (excludes halogenated alkanes) is 2. The molecule has 2 heteroatoms. The van der Waals surface area contributed by atoms with Gasteiger partial charge in [0.1, 0.15) is 0 Å². The lowest BCUT2D eigenvalue weighted by Crippen LogP contribution is -2.45. The lowest BCUT2D eigenvalue weighted by atomic mass is 10.1. The standard InChI is InChI=1S/C16H25NO/c1-3-4-8-11-17-12-16(18-13-14(17)2)15-9-6-5-7-10-15/h5-7,9-10,14,16H,3-4,8,11-13H2,1-2H3. The molecule has 2 rings (SSSR count). The minimum atomic E-state index is 0.254. The van der Waals surface area contributed by atoms with Gasteiger partial charge in [-0.3, -0.25) is 4.90 Å². The Labute approximate surface area is 111 Å². The third-order valence-corrected chi connectivity index (χ3v) is 3.78. The lowest BCUT2D eigenvalue weighted by Gasteiger charge is -2.38. The Morgan fingerprint density at radius 3 is 2.72 bits per heavy atom. The Kier molecular flexibility index (Phi) is 5.21. The van der Waals surface area contributed by atoms with E-state index in [1.807, 2.05) is 0 Å². The molecule has 0 bridgehead atoms. The highest BCUT2D eigenvalue weighted by Gasteiger charge is 2.26. The Hall–Kier alpha value is -0.860. The fourth-order valence-electron chi connectivity index (χ4n) is 2.55. The monoisotopic (exact) mass is 247 g/mol. The maximum atomic E-state index is 5.97. The number of ether oxygens (including phenoxy) is 1. The van der Waals surface area contributed by atoms with E-state index in [1.54, 1.807) is 0 Å². The number of nitrogens with zero attached hydrogens (tertiary/aromatic N) is 1. The van der Waals surface area contributed by atoms with Crippen molar-refractivity contribution in [1.29, 1.82) is 0 Å². The fraction of sp³-hybridized carbons (Fsp3) is 0.625. The molecule has 0 saturated carbocycles. The average Bonchev–Trinajstić information content (AvgIpc) is 2.42. The number of rotatable bonds is 5. The van der Waals surface area contributed by atoms with Gasteiger partial charge < -0.3 is 4.74 Å². The molecule has 2 unspecified atom stereocenters. The van der Waals surface area contributed by atoms with Crippen molar-refractivity contribution in [3.63, 3.8) is 0 Å². The van der Waals surface area contributed by atoms with E-state index in [1.165, 1.54) is 31.4 Å². The Morgan fingerprint density at radius 1 is 1.22 bits per heavy atom. The third kappa shape index (κ3) is 3.56. The molecule has 1 aromatic carbocycles. The van der Waals surface area contributed by atoms with E-state index >= 15 is 0 Å². The van der Waals surface area contributed by atoms with Crippen molar-refractivity contribution in [3.8, 4) is 0 Å². The SMILES string of the molecule is CCCCCN1CC(c2ccccc2)OCC1C. The topological polar surface area (TPSA) is 12.5 Å². The molecular formula is C16H25NO. The van der Waals surface area contributed by atoms with E-state index in [0.717, 1.165) is 13.2 Å². The van der Waals surface area contributed by atoms with Gasteiger partial charge in [-0.05, 0) is 25.5 Å². The first-order chi connectivity index (χ1) is 8.81. The summed E-state index contributed by atoms with van der Waals surface area (Å²) in [4.78, 5) is 2.58. The Balaban J connectivity index is 1.91. The van der Waals surface area contributed by atoms with Crippen molar-refractivity contribution in [1.82, 2.24) is 4.90 Å². The van der Waals surface area contributed by atoms with Crippen LogP contribution in [0.3, 0.4) is 0 Å². The quantitative estimate of drug-likeness (QED) is 0.737. The molecule has 0 amide bonds. The minimum Gasteiger partial charge on any atom is -0.371 e. The highest BCUT2D eigenvalue weighted by molar-refractivity contribution is 5.18. The zero-order valence-corrected chi connectivity index (χ0v) is 11.6. The summed E-state index contributed by atoms with van der Waals surface area (Å²) >= 11 is 0. The second kappa shape index (κ2) is 6.91. The molecule has 18 heavy (non-hydrogen) atoms. The van der Waals surface area contributed by atoms with Crippen LogP contribution >= 0.6 is 0 Å². The summed E-state index contributed by atoms with van der Waals surface area (Å²) in [6.07, 6.45) is 4.19. The third-order valence-electron chi connectivity index (χ3n) is 3.78. The van der Waals surface area contributed by atoms with E-state index in [0.29, 0.717) is 6.04 Å². The molecule has 1 aliphatic rings. The second-order valence-corrected chi connectivity index (χ2v) is 5.28. The highest BCUT2D eigenvalue weighted by Crippen LogP contribution is 2.24. The molecule has 1 aromatic rings. The summed E-state index contributed by atoms with van der Waals surface area (Å²) in [6, 6.07) is 11.2. The largest absolute Gasteiger partial charge is 0.371 e. The van der Waals surface area contributed by atoms with E-state index in [2.05, 4.69) is 49.1 Å². The van der Waals surface area contributed by atoms with Crippen LogP contribution in [-0.2, 0) is 4.74 Å².